The molecule has 1 saturated heterocycles. The van der Waals surface area contributed by atoms with Gasteiger partial charge in [-0.15, -0.1) is 6.58 Å². The molecule has 2 aliphatic rings. The Balaban J connectivity index is 1.36. The van der Waals surface area contributed by atoms with Crippen molar-refractivity contribution in [3.8, 4) is 5.82 Å². The molecule has 0 unspecified atom stereocenters. The lowest BCUT2D eigenvalue weighted by molar-refractivity contribution is -0.0694. The number of ether oxygens (including phenoxy) is 1. The Hall–Kier alpha value is -3.82. The Morgan fingerprint density at radius 3 is 2.74 bits per heavy atom. The molecule has 5 heterocycles. The van der Waals surface area contributed by atoms with Crippen LogP contribution in [0.2, 0.25) is 0 Å². The van der Waals surface area contributed by atoms with E-state index in [1.165, 1.54) is 11.1 Å². The average Bonchev–Trinajstić information content (AvgIpc) is 3.13. The summed E-state index contributed by atoms with van der Waals surface area (Å²) in [5.74, 6) is 1.06. The Kier molecular flexibility index (Phi) is 6.12. The quantitative estimate of drug-likeness (QED) is 0.392. The normalized spacial score (nSPS) is 16.3. The molecule has 1 fully saturated rings. The molecule has 38 heavy (non-hydrogen) atoms. The van der Waals surface area contributed by atoms with E-state index < -0.39 is 0 Å². The highest BCUT2D eigenvalue weighted by Gasteiger charge is 2.29. The minimum Gasteiger partial charge on any atom is -0.378 e. The fourth-order valence-electron chi connectivity index (χ4n) is 5.09. The molecule has 0 bridgehead atoms. The van der Waals surface area contributed by atoms with Crippen LogP contribution in [0.5, 0.6) is 0 Å². The summed E-state index contributed by atoms with van der Waals surface area (Å²) in [5, 5.41) is 3.79. The van der Waals surface area contributed by atoms with Crippen molar-refractivity contribution in [2.75, 3.05) is 25.1 Å². The molecule has 0 amide bonds. The van der Waals surface area contributed by atoms with E-state index in [4.69, 9.17) is 14.7 Å². The van der Waals surface area contributed by atoms with Crippen LogP contribution in [0.1, 0.15) is 37.6 Å². The minimum absolute atomic E-state index is 0.140. The van der Waals surface area contributed by atoms with Crippen LogP contribution in [0, 0.1) is 0 Å². The summed E-state index contributed by atoms with van der Waals surface area (Å²) in [6.07, 6.45) is 4.29. The van der Waals surface area contributed by atoms with Gasteiger partial charge >= 0.3 is 0 Å². The van der Waals surface area contributed by atoms with E-state index >= 15 is 0 Å². The van der Waals surface area contributed by atoms with Crippen LogP contribution in [0.4, 0.5) is 11.6 Å². The third-order valence-electron chi connectivity index (χ3n) is 7.34. The minimum atomic E-state index is -0.176. The highest BCUT2D eigenvalue weighted by molar-refractivity contribution is 5.77. The molecule has 1 N–H and O–H groups in total. The van der Waals surface area contributed by atoms with Crippen molar-refractivity contribution in [1.82, 2.24) is 29.2 Å². The first-order valence-electron chi connectivity index (χ1n) is 13.1. The second-order valence-corrected chi connectivity index (χ2v) is 11.1. The van der Waals surface area contributed by atoms with Crippen molar-refractivity contribution < 1.29 is 4.74 Å². The molecule has 9 heteroatoms. The highest BCUT2D eigenvalue weighted by Crippen LogP contribution is 2.27. The average molecular weight is 512 g/mol. The first-order valence-corrected chi connectivity index (χ1v) is 13.1. The lowest BCUT2D eigenvalue weighted by atomic mass is 9.92. The van der Waals surface area contributed by atoms with Crippen molar-refractivity contribution in [1.29, 1.82) is 0 Å². The second-order valence-electron chi connectivity index (χ2n) is 11.1. The Morgan fingerprint density at radius 1 is 1.16 bits per heavy atom. The third kappa shape index (κ3) is 4.41. The zero-order valence-corrected chi connectivity index (χ0v) is 22.1. The number of hydrogen-bond acceptors (Lipinski definition) is 7. The van der Waals surface area contributed by atoms with E-state index in [-0.39, 0.29) is 11.0 Å². The second kappa shape index (κ2) is 9.49. The van der Waals surface area contributed by atoms with Gasteiger partial charge in [0, 0.05) is 36.1 Å². The molecule has 0 radical (unpaired) electrons. The number of hydrogen-bond donors (Lipinski definition) is 1. The maximum Gasteiger partial charge on any atom is 0.278 e. The Bertz CT molecular complexity index is 1580. The summed E-state index contributed by atoms with van der Waals surface area (Å²) >= 11 is 0. The van der Waals surface area contributed by atoms with Gasteiger partial charge in [0.15, 0.2) is 11.5 Å². The van der Waals surface area contributed by atoms with E-state index in [0.29, 0.717) is 35.4 Å². The topological polar surface area (TPSA) is 90.1 Å². The molecule has 2 aliphatic heterocycles. The Labute approximate surface area is 221 Å². The summed E-state index contributed by atoms with van der Waals surface area (Å²) in [6.45, 7) is 14.2. The molecule has 0 aliphatic carbocycles. The van der Waals surface area contributed by atoms with Crippen LogP contribution in [0.25, 0.3) is 16.9 Å². The largest absolute Gasteiger partial charge is 0.378 e. The summed E-state index contributed by atoms with van der Waals surface area (Å²) in [7, 11) is 0. The number of pyridine rings is 1. The van der Waals surface area contributed by atoms with Gasteiger partial charge in [0.1, 0.15) is 5.39 Å². The lowest BCUT2D eigenvalue weighted by Gasteiger charge is -2.40. The number of anilines is 2. The molecule has 196 valence electrons. The van der Waals surface area contributed by atoms with Gasteiger partial charge in [-0.25, -0.2) is 19.3 Å². The van der Waals surface area contributed by atoms with Gasteiger partial charge in [0.2, 0.25) is 5.95 Å². The van der Waals surface area contributed by atoms with Crippen molar-refractivity contribution in [2.45, 2.75) is 51.7 Å². The SMILES string of the molecule is C=CCn1c(=O)c2cnc(Nc3ccc4c(c3)CCN(C3COC3)C4)nc2n1-c1cccc(C(C)(C)C)n1. The number of benzene rings is 1. The standard InChI is InChI=1S/C29H33N7O2/c1-5-12-35-27(37)23-15-30-28(33-26(23)36(35)25-8-6-7-24(32-25)29(2,3)4)31-21-10-9-20-16-34(22-17-38-18-22)13-11-19(20)14-21/h5-10,14-15,22H,1,11-13,16-18H2,2-4H3,(H,30,31,33). The van der Waals surface area contributed by atoms with Crippen LogP contribution in [0.3, 0.4) is 0 Å². The van der Waals surface area contributed by atoms with Gasteiger partial charge in [-0.2, -0.15) is 4.98 Å². The number of aromatic nitrogens is 5. The fraction of sp³-hybridized carbons (Fsp3) is 0.379. The monoisotopic (exact) mass is 511 g/mol. The molecule has 1 aromatic carbocycles. The van der Waals surface area contributed by atoms with Crippen LogP contribution in [-0.2, 0) is 29.7 Å². The predicted molar refractivity (Wildman–Crippen MR) is 148 cm³/mol. The zero-order valence-electron chi connectivity index (χ0n) is 22.1. The highest BCUT2D eigenvalue weighted by atomic mass is 16.5. The van der Waals surface area contributed by atoms with Crippen molar-refractivity contribution >= 4 is 22.7 Å². The van der Waals surface area contributed by atoms with E-state index in [1.54, 1.807) is 21.6 Å². The van der Waals surface area contributed by atoms with Gasteiger partial charge in [-0.3, -0.25) is 9.69 Å². The van der Waals surface area contributed by atoms with E-state index in [0.717, 1.165) is 44.1 Å². The molecule has 4 aromatic rings. The first-order chi connectivity index (χ1) is 18.3. The van der Waals surface area contributed by atoms with Gasteiger partial charge in [0.05, 0.1) is 25.8 Å². The molecule has 9 nitrogen and oxygen atoms in total. The third-order valence-corrected chi connectivity index (χ3v) is 7.34. The molecular formula is C29H33N7O2. The fourth-order valence-corrected chi connectivity index (χ4v) is 5.09. The summed E-state index contributed by atoms with van der Waals surface area (Å²) in [6, 6.07) is 12.8. The van der Waals surface area contributed by atoms with Crippen molar-refractivity contribution in [3.05, 3.63) is 82.4 Å². The number of nitrogens with zero attached hydrogens (tertiary/aromatic N) is 6. The molecule has 0 saturated carbocycles. The molecule has 0 spiro atoms. The zero-order chi connectivity index (χ0) is 26.4. The smallest absolute Gasteiger partial charge is 0.278 e. The number of nitrogens with one attached hydrogen (secondary N) is 1. The number of rotatable bonds is 6. The molecule has 6 rings (SSSR count). The summed E-state index contributed by atoms with van der Waals surface area (Å²) in [4.78, 5) is 29.9. The molecule has 3 aromatic heterocycles. The maximum absolute atomic E-state index is 13.3. The predicted octanol–water partition coefficient (Wildman–Crippen LogP) is 3.96. The van der Waals surface area contributed by atoms with Crippen LogP contribution in [-0.4, -0.2) is 55.0 Å². The van der Waals surface area contributed by atoms with Crippen LogP contribution >= 0.6 is 0 Å². The van der Waals surface area contributed by atoms with Gasteiger partial charge in [0.25, 0.3) is 5.56 Å². The van der Waals surface area contributed by atoms with Gasteiger partial charge < -0.3 is 10.1 Å². The van der Waals surface area contributed by atoms with Crippen molar-refractivity contribution in [2.24, 2.45) is 0 Å². The maximum atomic E-state index is 13.3. The number of fused-ring (bicyclic) bond motifs is 2. The summed E-state index contributed by atoms with van der Waals surface area (Å²) < 4.78 is 8.75. The van der Waals surface area contributed by atoms with Gasteiger partial charge in [-0.05, 0) is 41.8 Å². The van der Waals surface area contributed by atoms with E-state index in [1.807, 2.05) is 18.2 Å². The van der Waals surface area contributed by atoms with Crippen LogP contribution < -0.4 is 10.9 Å². The summed E-state index contributed by atoms with van der Waals surface area (Å²) in [5.41, 5.74) is 4.73. The number of allylic oxidation sites excluding steroid dienone is 1. The Morgan fingerprint density at radius 2 is 2.00 bits per heavy atom. The van der Waals surface area contributed by atoms with Crippen LogP contribution in [0.15, 0.2) is 60.0 Å². The van der Waals surface area contributed by atoms with E-state index in [9.17, 15) is 4.79 Å². The molecular weight excluding hydrogens is 478 g/mol. The van der Waals surface area contributed by atoms with Gasteiger partial charge in [-0.1, -0.05) is 39.0 Å². The van der Waals surface area contributed by atoms with Crippen molar-refractivity contribution in [3.63, 3.8) is 0 Å². The lowest BCUT2D eigenvalue weighted by Crippen LogP contribution is -2.50. The van der Waals surface area contributed by atoms with E-state index in [2.05, 4.69) is 60.7 Å². The molecule has 0 atom stereocenters. The first kappa shape index (κ1) is 24.5.